The molecular formula is C19H19NO5S. The Kier molecular flexibility index (Phi) is 4.82. The second kappa shape index (κ2) is 6.92. The quantitative estimate of drug-likeness (QED) is 0.707. The number of ether oxygens (including phenoxy) is 1. The Labute approximate surface area is 155 Å². The standard InChI is InChI=1S/C19H19NO5S/c1-9-10(2)16(22)17(11(3)15(9)21)25-13-6-4-12(5-7-13)8-14-18(23)20-19(24)26-14/h4-7,14,21-22H,8H2,1-3H3,(H,20,23,24). The number of carbonyl (C=O) groups excluding carboxylic acids is 2. The van der Waals surface area contributed by atoms with E-state index in [1.54, 1.807) is 45.0 Å². The largest absolute Gasteiger partial charge is 0.507 e. The summed E-state index contributed by atoms with van der Waals surface area (Å²) in [5, 5.41) is 22.0. The summed E-state index contributed by atoms with van der Waals surface area (Å²) in [4.78, 5) is 22.9. The number of benzene rings is 2. The van der Waals surface area contributed by atoms with Crippen molar-refractivity contribution >= 4 is 22.9 Å². The molecule has 1 fully saturated rings. The molecule has 0 spiro atoms. The van der Waals surface area contributed by atoms with E-state index in [2.05, 4.69) is 5.32 Å². The minimum atomic E-state index is -0.419. The SMILES string of the molecule is Cc1c(C)c(O)c(Oc2ccc(CC3SC(=O)NC3=O)cc2)c(C)c1O. The number of nitrogens with one attached hydrogen (secondary N) is 1. The van der Waals surface area contributed by atoms with Crippen LogP contribution < -0.4 is 10.1 Å². The highest BCUT2D eigenvalue weighted by molar-refractivity contribution is 8.15. The maximum Gasteiger partial charge on any atom is 0.286 e. The maximum absolute atomic E-state index is 11.6. The molecule has 0 radical (unpaired) electrons. The molecule has 1 aliphatic heterocycles. The van der Waals surface area contributed by atoms with Crippen LogP contribution >= 0.6 is 11.8 Å². The van der Waals surface area contributed by atoms with E-state index in [-0.39, 0.29) is 28.4 Å². The lowest BCUT2D eigenvalue weighted by molar-refractivity contribution is -0.118. The number of thioether (sulfide) groups is 1. The van der Waals surface area contributed by atoms with E-state index in [9.17, 15) is 19.8 Å². The van der Waals surface area contributed by atoms with Gasteiger partial charge >= 0.3 is 0 Å². The van der Waals surface area contributed by atoms with Crippen molar-refractivity contribution in [3.63, 3.8) is 0 Å². The topological polar surface area (TPSA) is 95.9 Å². The Bertz CT molecular complexity index is 863. The Morgan fingerprint density at radius 3 is 2.19 bits per heavy atom. The van der Waals surface area contributed by atoms with Crippen LogP contribution in [-0.2, 0) is 11.2 Å². The van der Waals surface area contributed by atoms with Crippen LogP contribution in [0.1, 0.15) is 22.3 Å². The van der Waals surface area contributed by atoms with Crippen molar-refractivity contribution < 1.29 is 24.5 Å². The molecule has 1 saturated heterocycles. The Morgan fingerprint density at radius 2 is 1.62 bits per heavy atom. The molecule has 6 nitrogen and oxygen atoms in total. The van der Waals surface area contributed by atoms with Gasteiger partial charge in [0.2, 0.25) is 5.91 Å². The second-order valence-corrected chi connectivity index (χ2v) is 7.41. The van der Waals surface area contributed by atoms with Gasteiger partial charge in [-0.05, 0) is 50.5 Å². The third-order valence-electron chi connectivity index (χ3n) is 4.52. The van der Waals surface area contributed by atoms with Crippen LogP contribution in [-0.4, -0.2) is 26.6 Å². The first-order valence-electron chi connectivity index (χ1n) is 8.08. The zero-order valence-electron chi connectivity index (χ0n) is 14.6. The van der Waals surface area contributed by atoms with Gasteiger partial charge in [-0.3, -0.25) is 14.9 Å². The number of phenols is 2. The number of rotatable bonds is 4. The van der Waals surface area contributed by atoms with Gasteiger partial charge in [0, 0.05) is 11.1 Å². The van der Waals surface area contributed by atoms with Crippen LogP contribution in [0.25, 0.3) is 0 Å². The summed E-state index contributed by atoms with van der Waals surface area (Å²) in [5.74, 6) is 0.538. The number of hydrogen-bond donors (Lipinski definition) is 3. The normalized spacial score (nSPS) is 16.7. The molecular weight excluding hydrogens is 354 g/mol. The summed E-state index contributed by atoms with van der Waals surface area (Å²) in [7, 11) is 0. The van der Waals surface area contributed by atoms with Crippen LogP contribution in [0.5, 0.6) is 23.0 Å². The van der Waals surface area contributed by atoms with Crippen LogP contribution in [0.4, 0.5) is 4.79 Å². The van der Waals surface area contributed by atoms with Gasteiger partial charge in [0.15, 0.2) is 11.5 Å². The van der Waals surface area contributed by atoms with Gasteiger partial charge in [-0.25, -0.2) is 0 Å². The highest BCUT2D eigenvalue weighted by Gasteiger charge is 2.31. The van der Waals surface area contributed by atoms with Gasteiger partial charge in [-0.1, -0.05) is 23.9 Å². The van der Waals surface area contributed by atoms with Gasteiger partial charge in [-0.2, -0.15) is 0 Å². The minimum absolute atomic E-state index is 0.000541. The molecule has 1 aliphatic rings. The fraction of sp³-hybridized carbons (Fsp3) is 0.263. The average molecular weight is 373 g/mol. The number of phenolic OH excluding ortho intramolecular Hbond substituents is 2. The number of carbonyl (C=O) groups is 2. The first-order valence-corrected chi connectivity index (χ1v) is 8.96. The monoisotopic (exact) mass is 373 g/mol. The summed E-state index contributed by atoms with van der Waals surface area (Å²) < 4.78 is 5.77. The molecule has 1 heterocycles. The smallest absolute Gasteiger partial charge is 0.286 e. The summed E-state index contributed by atoms with van der Waals surface area (Å²) in [5.41, 5.74) is 2.54. The van der Waals surface area contributed by atoms with Gasteiger partial charge in [-0.15, -0.1) is 0 Å². The predicted octanol–water partition coefficient (Wildman–Crippen LogP) is 3.71. The molecule has 1 atom stereocenters. The first-order chi connectivity index (χ1) is 12.3. The molecule has 0 saturated carbocycles. The average Bonchev–Trinajstić information content (AvgIpc) is 2.94. The van der Waals surface area contributed by atoms with Crippen LogP contribution in [0, 0.1) is 20.8 Å². The molecule has 3 N–H and O–H groups in total. The summed E-state index contributed by atoms with van der Waals surface area (Å²) >= 11 is 0.992. The summed E-state index contributed by atoms with van der Waals surface area (Å²) in [6.45, 7) is 5.13. The highest BCUT2D eigenvalue weighted by atomic mass is 32.2. The van der Waals surface area contributed by atoms with Gasteiger partial charge < -0.3 is 14.9 Å². The van der Waals surface area contributed by atoms with Gasteiger partial charge in [0.1, 0.15) is 11.5 Å². The molecule has 3 rings (SSSR count). The van der Waals surface area contributed by atoms with E-state index in [0.29, 0.717) is 28.9 Å². The predicted molar refractivity (Wildman–Crippen MR) is 99.1 cm³/mol. The Hall–Kier alpha value is -2.67. The molecule has 1 unspecified atom stereocenters. The van der Waals surface area contributed by atoms with Gasteiger partial charge in [0.05, 0.1) is 5.25 Å². The van der Waals surface area contributed by atoms with Crippen LogP contribution in [0.2, 0.25) is 0 Å². The third kappa shape index (κ3) is 3.35. The van der Waals surface area contributed by atoms with E-state index in [0.717, 1.165) is 17.3 Å². The number of hydrogen-bond acceptors (Lipinski definition) is 6. The molecule has 136 valence electrons. The molecule has 2 amide bonds. The Balaban J connectivity index is 1.78. The van der Waals surface area contributed by atoms with Crippen molar-refractivity contribution in [2.75, 3.05) is 0 Å². The lowest BCUT2D eigenvalue weighted by Gasteiger charge is -2.16. The molecule has 0 bridgehead atoms. The van der Waals surface area contributed by atoms with Crippen molar-refractivity contribution in [1.82, 2.24) is 5.32 Å². The van der Waals surface area contributed by atoms with Crippen LogP contribution in [0.3, 0.4) is 0 Å². The van der Waals surface area contributed by atoms with E-state index >= 15 is 0 Å². The maximum atomic E-state index is 11.6. The third-order valence-corrected chi connectivity index (χ3v) is 5.50. The van der Waals surface area contributed by atoms with Crippen molar-refractivity contribution in [3.05, 3.63) is 46.5 Å². The zero-order chi connectivity index (χ0) is 19.0. The number of aromatic hydroxyl groups is 2. The van der Waals surface area contributed by atoms with E-state index < -0.39 is 5.25 Å². The highest BCUT2D eigenvalue weighted by Crippen LogP contribution is 2.43. The lowest BCUT2D eigenvalue weighted by atomic mass is 10.0. The number of imide groups is 1. The fourth-order valence-corrected chi connectivity index (χ4v) is 3.63. The first kappa shape index (κ1) is 18.1. The second-order valence-electron chi connectivity index (χ2n) is 6.23. The molecule has 26 heavy (non-hydrogen) atoms. The summed E-state index contributed by atoms with van der Waals surface area (Å²) in [6.07, 6.45) is 0.442. The van der Waals surface area contributed by atoms with Crippen molar-refractivity contribution in [2.24, 2.45) is 0 Å². The van der Waals surface area contributed by atoms with E-state index in [1.165, 1.54) is 0 Å². The van der Waals surface area contributed by atoms with E-state index in [4.69, 9.17) is 4.74 Å². The molecule has 0 aromatic heterocycles. The molecule has 0 aliphatic carbocycles. The van der Waals surface area contributed by atoms with Gasteiger partial charge in [0.25, 0.3) is 5.24 Å². The van der Waals surface area contributed by atoms with E-state index in [1.807, 2.05) is 0 Å². The molecule has 7 heteroatoms. The minimum Gasteiger partial charge on any atom is -0.507 e. The van der Waals surface area contributed by atoms with Crippen molar-refractivity contribution in [1.29, 1.82) is 0 Å². The zero-order valence-corrected chi connectivity index (χ0v) is 15.4. The molecule has 2 aromatic carbocycles. The Morgan fingerprint density at radius 1 is 1.00 bits per heavy atom. The van der Waals surface area contributed by atoms with Crippen LogP contribution in [0.15, 0.2) is 24.3 Å². The molecule has 2 aromatic rings. The van der Waals surface area contributed by atoms with Crippen molar-refractivity contribution in [3.8, 4) is 23.0 Å². The lowest BCUT2D eigenvalue weighted by Crippen LogP contribution is -2.25. The van der Waals surface area contributed by atoms with Crippen molar-refractivity contribution in [2.45, 2.75) is 32.4 Å². The fourth-order valence-electron chi connectivity index (χ4n) is 2.77. The summed E-state index contributed by atoms with van der Waals surface area (Å²) in [6, 6.07) is 7.05. The number of amides is 2.